The van der Waals surface area contributed by atoms with Crippen LogP contribution in [0.1, 0.15) is 36.2 Å². The molecule has 1 atom stereocenters. The molecule has 0 bridgehead atoms. The normalized spacial score (nSPS) is 18.9. The van der Waals surface area contributed by atoms with Crippen LogP contribution in [-0.4, -0.2) is 59.4 Å². The zero-order valence-electron chi connectivity index (χ0n) is 12.1. The first-order valence-electron chi connectivity index (χ1n) is 7.06. The highest BCUT2D eigenvalue weighted by molar-refractivity contribution is 5.91. The number of nitrogens with zero attached hydrogens (tertiary/aromatic N) is 4. The molecule has 6 heteroatoms. The standard InChI is InChI=1S/C14H22N4O2/c1-17(2)14(20)12-6-7-13(16-15-12)18-9-4-3-5-11(18)8-10-19/h6-7,11,19H,3-5,8-10H2,1-2H3. The minimum Gasteiger partial charge on any atom is -0.396 e. The third kappa shape index (κ3) is 3.25. The highest BCUT2D eigenvalue weighted by Crippen LogP contribution is 2.24. The molecule has 1 unspecified atom stereocenters. The van der Waals surface area contributed by atoms with Crippen LogP contribution in [0.3, 0.4) is 0 Å². The number of aliphatic hydroxyl groups is 1. The van der Waals surface area contributed by atoms with E-state index in [1.165, 1.54) is 11.3 Å². The summed E-state index contributed by atoms with van der Waals surface area (Å²) in [5, 5.41) is 17.4. The molecular weight excluding hydrogens is 256 g/mol. The van der Waals surface area contributed by atoms with Gasteiger partial charge in [-0.15, -0.1) is 10.2 Å². The van der Waals surface area contributed by atoms with Crippen LogP contribution >= 0.6 is 0 Å². The van der Waals surface area contributed by atoms with Gasteiger partial charge in [0.05, 0.1) is 0 Å². The quantitative estimate of drug-likeness (QED) is 0.887. The van der Waals surface area contributed by atoms with Crippen LogP contribution < -0.4 is 4.90 Å². The molecule has 0 aliphatic carbocycles. The molecule has 0 saturated carbocycles. The third-order valence-electron chi connectivity index (χ3n) is 3.66. The molecule has 20 heavy (non-hydrogen) atoms. The molecule has 1 N–H and O–H groups in total. The Hall–Kier alpha value is -1.69. The molecule has 2 heterocycles. The molecule has 6 nitrogen and oxygen atoms in total. The van der Waals surface area contributed by atoms with Gasteiger partial charge in [-0.2, -0.15) is 0 Å². The summed E-state index contributed by atoms with van der Waals surface area (Å²) in [5.41, 5.74) is 0.356. The fourth-order valence-electron chi connectivity index (χ4n) is 2.57. The van der Waals surface area contributed by atoms with Crippen molar-refractivity contribution < 1.29 is 9.90 Å². The second-order valence-corrected chi connectivity index (χ2v) is 5.33. The van der Waals surface area contributed by atoms with Crippen molar-refractivity contribution in [2.24, 2.45) is 0 Å². The number of carbonyl (C=O) groups excluding carboxylic acids is 1. The maximum Gasteiger partial charge on any atom is 0.273 e. The highest BCUT2D eigenvalue weighted by atomic mass is 16.3. The Labute approximate surface area is 119 Å². The van der Waals surface area contributed by atoms with E-state index in [2.05, 4.69) is 15.1 Å². The number of rotatable bonds is 4. The van der Waals surface area contributed by atoms with Crippen LogP contribution in [0.15, 0.2) is 12.1 Å². The summed E-state index contributed by atoms with van der Waals surface area (Å²) >= 11 is 0. The summed E-state index contributed by atoms with van der Waals surface area (Å²) < 4.78 is 0. The van der Waals surface area contributed by atoms with Crippen molar-refractivity contribution in [1.29, 1.82) is 0 Å². The number of hydrogen-bond acceptors (Lipinski definition) is 5. The van der Waals surface area contributed by atoms with Crippen LogP contribution in [-0.2, 0) is 0 Å². The molecule has 1 aliphatic rings. The Kier molecular flexibility index (Phi) is 4.89. The van der Waals surface area contributed by atoms with Crippen LogP contribution in [0.5, 0.6) is 0 Å². The predicted octanol–water partition coefficient (Wildman–Crippen LogP) is 0.920. The largest absolute Gasteiger partial charge is 0.396 e. The van der Waals surface area contributed by atoms with E-state index in [0.717, 1.165) is 31.6 Å². The second-order valence-electron chi connectivity index (χ2n) is 5.33. The number of piperidine rings is 1. The predicted molar refractivity (Wildman–Crippen MR) is 76.7 cm³/mol. The molecule has 0 spiro atoms. The molecule has 0 radical (unpaired) electrons. The summed E-state index contributed by atoms with van der Waals surface area (Å²) in [6.07, 6.45) is 4.13. The zero-order chi connectivity index (χ0) is 14.5. The van der Waals surface area contributed by atoms with Gasteiger partial charge >= 0.3 is 0 Å². The second kappa shape index (κ2) is 6.65. The monoisotopic (exact) mass is 278 g/mol. The Morgan fingerprint density at radius 2 is 2.20 bits per heavy atom. The van der Waals surface area contributed by atoms with E-state index in [1.807, 2.05) is 6.07 Å². The lowest BCUT2D eigenvalue weighted by molar-refractivity contribution is 0.0821. The molecule has 1 saturated heterocycles. The van der Waals surface area contributed by atoms with E-state index in [0.29, 0.717) is 11.7 Å². The average Bonchev–Trinajstić information content (AvgIpc) is 2.47. The van der Waals surface area contributed by atoms with Gasteiger partial charge in [0.15, 0.2) is 11.5 Å². The number of anilines is 1. The van der Waals surface area contributed by atoms with Crippen LogP contribution in [0.25, 0.3) is 0 Å². The van der Waals surface area contributed by atoms with E-state index in [-0.39, 0.29) is 12.5 Å². The summed E-state index contributed by atoms with van der Waals surface area (Å²) in [6, 6.07) is 3.88. The zero-order valence-corrected chi connectivity index (χ0v) is 12.1. The van der Waals surface area contributed by atoms with Crippen molar-refractivity contribution in [3.63, 3.8) is 0 Å². The van der Waals surface area contributed by atoms with Gasteiger partial charge in [0.1, 0.15) is 0 Å². The number of aliphatic hydroxyl groups excluding tert-OH is 1. The van der Waals surface area contributed by atoms with Crippen molar-refractivity contribution >= 4 is 11.7 Å². The number of carbonyl (C=O) groups is 1. The summed E-state index contributed by atoms with van der Waals surface area (Å²) in [7, 11) is 3.39. The molecule has 110 valence electrons. The first-order valence-corrected chi connectivity index (χ1v) is 7.06. The number of amides is 1. The molecule has 0 aromatic carbocycles. The fraction of sp³-hybridized carbons (Fsp3) is 0.643. The Bertz CT molecular complexity index is 445. The molecule has 1 amide bonds. The van der Waals surface area contributed by atoms with Crippen molar-refractivity contribution in [3.8, 4) is 0 Å². The molecule has 1 aliphatic heterocycles. The van der Waals surface area contributed by atoms with Crippen LogP contribution in [0, 0.1) is 0 Å². The van der Waals surface area contributed by atoms with Crippen LogP contribution in [0.2, 0.25) is 0 Å². The Morgan fingerprint density at radius 1 is 1.40 bits per heavy atom. The SMILES string of the molecule is CN(C)C(=O)c1ccc(N2CCCCC2CCO)nn1. The van der Waals surface area contributed by atoms with Gasteiger partial charge in [0.2, 0.25) is 0 Å². The van der Waals surface area contributed by atoms with E-state index >= 15 is 0 Å². The van der Waals surface area contributed by atoms with Crippen molar-refractivity contribution in [2.75, 3.05) is 32.1 Å². The van der Waals surface area contributed by atoms with Gasteiger partial charge in [-0.25, -0.2) is 0 Å². The van der Waals surface area contributed by atoms with E-state index in [1.54, 1.807) is 20.2 Å². The fourth-order valence-corrected chi connectivity index (χ4v) is 2.57. The van der Waals surface area contributed by atoms with Gasteiger partial charge in [0, 0.05) is 33.3 Å². The molecule has 1 aromatic rings. The summed E-state index contributed by atoms with van der Waals surface area (Å²) in [5.74, 6) is 0.646. The minimum atomic E-state index is -0.144. The molecular formula is C14H22N4O2. The van der Waals surface area contributed by atoms with Gasteiger partial charge in [-0.05, 0) is 37.8 Å². The van der Waals surface area contributed by atoms with E-state index in [4.69, 9.17) is 5.11 Å². The number of hydrogen-bond donors (Lipinski definition) is 1. The first-order chi connectivity index (χ1) is 9.63. The van der Waals surface area contributed by atoms with Gasteiger partial charge < -0.3 is 14.9 Å². The third-order valence-corrected chi connectivity index (χ3v) is 3.66. The maximum atomic E-state index is 11.8. The minimum absolute atomic E-state index is 0.144. The lowest BCUT2D eigenvalue weighted by Crippen LogP contribution is -2.40. The Balaban J connectivity index is 2.13. The van der Waals surface area contributed by atoms with Gasteiger partial charge in [-0.1, -0.05) is 0 Å². The van der Waals surface area contributed by atoms with E-state index < -0.39 is 0 Å². The van der Waals surface area contributed by atoms with Crippen LogP contribution in [0.4, 0.5) is 5.82 Å². The molecule has 2 rings (SSSR count). The summed E-state index contributed by atoms with van der Waals surface area (Å²) in [6.45, 7) is 1.12. The van der Waals surface area contributed by atoms with E-state index in [9.17, 15) is 4.79 Å². The summed E-state index contributed by atoms with van der Waals surface area (Å²) in [4.78, 5) is 15.5. The smallest absolute Gasteiger partial charge is 0.273 e. The highest BCUT2D eigenvalue weighted by Gasteiger charge is 2.23. The molecule has 1 fully saturated rings. The van der Waals surface area contributed by atoms with Gasteiger partial charge in [0.25, 0.3) is 5.91 Å². The topological polar surface area (TPSA) is 69.6 Å². The average molecular weight is 278 g/mol. The van der Waals surface area contributed by atoms with Gasteiger partial charge in [-0.3, -0.25) is 4.79 Å². The maximum absolute atomic E-state index is 11.8. The van der Waals surface area contributed by atoms with Crippen molar-refractivity contribution in [2.45, 2.75) is 31.7 Å². The Morgan fingerprint density at radius 3 is 2.80 bits per heavy atom. The lowest BCUT2D eigenvalue weighted by atomic mass is 10.00. The van der Waals surface area contributed by atoms with Crippen molar-refractivity contribution in [3.05, 3.63) is 17.8 Å². The lowest BCUT2D eigenvalue weighted by Gasteiger charge is -2.36. The first kappa shape index (κ1) is 14.7. The number of aromatic nitrogens is 2. The van der Waals surface area contributed by atoms with Crippen molar-refractivity contribution in [1.82, 2.24) is 15.1 Å². The molecule has 1 aromatic heterocycles.